The Hall–Kier alpha value is -1.17. The minimum atomic E-state index is -0.559. The van der Waals surface area contributed by atoms with Gasteiger partial charge in [-0.05, 0) is 43.5 Å². The third-order valence-corrected chi connectivity index (χ3v) is 4.78. The largest absolute Gasteiger partial charge is 0.381 e. The van der Waals surface area contributed by atoms with Crippen molar-refractivity contribution in [3.63, 3.8) is 0 Å². The highest BCUT2D eigenvalue weighted by Crippen LogP contribution is 2.37. The summed E-state index contributed by atoms with van der Waals surface area (Å²) in [4.78, 5) is 15.2. The van der Waals surface area contributed by atoms with Crippen LogP contribution in [0.15, 0.2) is 24.3 Å². The molecule has 2 fully saturated rings. The topological polar surface area (TPSA) is 41.6 Å². The third-order valence-electron chi connectivity index (χ3n) is 4.78. The van der Waals surface area contributed by atoms with Crippen LogP contribution in [0, 0.1) is 5.82 Å². The third kappa shape index (κ3) is 3.84. The monoisotopic (exact) mass is 342 g/mol. The second-order valence-corrected chi connectivity index (χ2v) is 6.10. The summed E-state index contributed by atoms with van der Waals surface area (Å²) in [7, 11) is 0. The van der Waals surface area contributed by atoms with E-state index in [4.69, 9.17) is 4.74 Å². The van der Waals surface area contributed by atoms with E-state index in [1.165, 1.54) is 12.1 Å². The lowest BCUT2D eigenvalue weighted by Gasteiger charge is -2.40. The molecule has 1 aromatic carbocycles. The molecule has 0 aromatic heterocycles. The van der Waals surface area contributed by atoms with Gasteiger partial charge in [-0.2, -0.15) is 0 Å². The van der Waals surface area contributed by atoms with Gasteiger partial charge >= 0.3 is 0 Å². The van der Waals surface area contributed by atoms with Crippen molar-refractivity contribution in [2.24, 2.45) is 0 Å². The molecule has 0 bridgehead atoms. The Labute approximate surface area is 142 Å². The summed E-state index contributed by atoms with van der Waals surface area (Å²) in [5, 5.41) is 3.33. The molecule has 0 spiro atoms. The molecular formula is C17H24ClFN2O2. The van der Waals surface area contributed by atoms with E-state index in [9.17, 15) is 9.18 Å². The molecule has 2 saturated heterocycles. The Morgan fingerprint density at radius 2 is 1.83 bits per heavy atom. The number of benzene rings is 1. The van der Waals surface area contributed by atoms with E-state index in [0.29, 0.717) is 26.1 Å². The second-order valence-electron chi connectivity index (χ2n) is 6.10. The second kappa shape index (κ2) is 8.08. The highest BCUT2D eigenvalue weighted by atomic mass is 35.5. The van der Waals surface area contributed by atoms with Gasteiger partial charge in [-0.15, -0.1) is 12.4 Å². The number of hydrogen-bond acceptors (Lipinski definition) is 3. The van der Waals surface area contributed by atoms with E-state index in [-0.39, 0.29) is 24.1 Å². The van der Waals surface area contributed by atoms with Gasteiger partial charge < -0.3 is 15.0 Å². The minimum absolute atomic E-state index is 0. The Morgan fingerprint density at radius 3 is 2.52 bits per heavy atom. The molecule has 0 saturated carbocycles. The van der Waals surface area contributed by atoms with Crippen LogP contribution >= 0.6 is 12.4 Å². The van der Waals surface area contributed by atoms with Crippen LogP contribution in [0.1, 0.15) is 24.8 Å². The summed E-state index contributed by atoms with van der Waals surface area (Å²) in [5.41, 5.74) is 0.357. The zero-order valence-corrected chi connectivity index (χ0v) is 14.0. The minimum Gasteiger partial charge on any atom is -0.381 e. The molecule has 1 amide bonds. The molecule has 6 heteroatoms. The first-order valence-electron chi connectivity index (χ1n) is 8.06. The Morgan fingerprint density at radius 1 is 1.13 bits per heavy atom. The number of nitrogens with zero attached hydrogens (tertiary/aromatic N) is 1. The quantitative estimate of drug-likeness (QED) is 0.895. The normalized spacial score (nSPS) is 21.2. The molecule has 2 aliphatic heterocycles. The van der Waals surface area contributed by atoms with Gasteiger partial charge in [0.05, 0.1) is 5.41 Å². The number of rotatable bonds is 2. The lowest BCUT2D eigenvalue weighted by atomic mass is 9.73. The average molecular weight is 343 g/mol. The van der Waals surface area contributed by atoms with E-state index >= 15 is 0 Å². The van der Waals surface area contributed by atoms with Crippen LogP contribution in [0.5, 0.6) is 0 Å². The van der Waals surface area contributed by atoms with Gasteiger partial charge in [-0.25, -0.2) is 4.39 Å². The van der Waals surface area contributed by atoms with Crippen LogP contribution in [-0.2, 0) is 14.9 Å². The fourth-order valence-electron chi connectivity index (χ4n) is 3.47. The van der Waals surface area contributed by atoms with Crippen molar-refractivity contribution in [3.05, 3.63) is 35.6 Å². The molecule has 2 aliphatic rings. The van der Waals surface area contributed by atoms with Crippen molar-refractivity contribution in [2.75, 3.05) is 39.4 Å². The molecule has 0 aliphatic carbocycles. The van der Waals surface area contributed by atoms with Crippen LogP contribution in [0.4, 0.5) is 4.39 Å². The summed E-state index contributed by atoms with van der Waals surface area (Å²) in [6.07, 6.45) is 2.31. The molecule has 0 unspecified atom stereocenters. The fourth-order valence-corrected chi connectivity index (χ4v) is 3.47. The van der Waals surface area contributed by atoms with Crippen molar-refractivity contribution in [1.82, 2.24) is 10.2 Å². The predicted molar refractivity (Wildman–Crippen MR) is 89.4 cm³/mol. The van der Waals surface area contributed by atoms with E-state index in [1.54, 1.807) is 12.1 Å². The number of amides is 1. The van der Waals surface area contributed by atoms with E-state index in [1.807, 2.05) is 4.90 Å². The maximum absolute atomic E-state index is 13.3. The van der Waals surface area contributed by atoms with Crippen molar-refractivity contribution in [2.45, 2.75) is 24.7 Å². The van der Waals surface area contributed by atoms with Gasteiger partial charge in [0.2, 0.25) is 5.91 Å². The lowest BCUT2D eigenvalue weighted by molar-refractivity contribution is -0.141. The zero-order chi connectivity index (χ0) is 15.4. The summed E-state index contributed by atoms with van der Waals surface area (Å²) in [5.74, 6) is -0.0940. The molecule has 1 N–H and O–H groups in total. The Bertz CT molecular complexity index is 510. The molecule has 2 heterocycles. The predicted octanol–water partition coefficient (Wildman–Crippen LogP) is 2.12. The summed E-state index contributed by atoms with van der Waals surface area (Å²) in [6.45, 7) is 4.47. The van der Waals surface area contributed by atoms with Gasteiger partial charge in [0.15, 0.2) is 0 Å². The molecular weight excluding hydrogens is 319 g/mol. The van der Waals surface area contributed by atoms with Gasteiger partial charge in [0.1, 0.15) is 5.82 Å². The molecule has 128 valence electrons. The number of hydrogen-bond donors (Lipinski definition) is 1. The van der Waals surface area contributed by atoms with Gasteiger partial charge in [-0.1, -0.05) is 12.1 Å². The van der Waals surface area contributed by atoms with Crippen LogP contribution in [0.25, 0.3) is 0 Å². The Kier molecular flexibility index (Phi) is 6.39. The van der Waals surface area contributed by atoms with Crippen molar-refractivity contribution >= 4 is 18.3 Å². The highest BCUT2D eigenvalue weighted by Gasteiger charge is 2.44. The smallest absolute Gasteiger partial charge is 0.233 e. The molecule has 23 heavy (non-hydrogen) atoms. The number of carbonyl (C=O) groups is 1. The van der Waals surface area contributed by atoms with Crippen LogP contribution in [0.3, 0.4) is 0 Å². The van der Waals surface area contributed by atoms with Crippen LogP contribution in [0.2, 0.25) is 0 Å². The summed E-state index contributed by atoms with van der Waals surface area (Å²) in [6, 6.07) is 6.41. The number of carbonyl (C=O) groups excluding carboxylic acids is 1. The van der Waals surface area contributed by atoms with Crippen molar-refractivity contribution in [1.29, 1.82) is 0 Å². The summed E-state index contributed by atoms with van der Waals surface area (Å²) >= 11 is 0. The Balaban J connectivity index is 0.00000192. The molecule has 0 atom stereocenters. The standard InChI is InChI=1S/C17H23FN2O2.ClH/c18-15-4-2-14(3-5-15)17(6-12-22-13-7-17)16(21)20-10-1-8-19-9-11-20;/h2-5,19H,1,6-13H2;1H. The average Bonchev–Trinajstić information content (AvgIpc) is 2.84. The van der Waals surface area contributed by atoms with Gasteiger partial charge in [-0.3, -0.25) is 4.79 Å². The lowest BCUT2D eigenvalue weighted by Crippen LogP contribution is -2.50. The molecule has 4 nitrogen and oxygen atoms in total. The van der Waals surface area contributed by atoms with Crippen molar-refractivity contribution in [3.8, 4) is 0 Å². The molecule has 3 rings (SSSR count). The first kappa shape index (κ1) is 18.2. The fraction of sp³-hybridized carbons (Fsp3) is 0.588. The number of ether oxygens (including phenoxy) is 1. The molecule has 0 radical (unpaired) electrons. The van der Waals surface area contributed by atoms with Crippen LogP contribution in [-0.4, -0.2) is 50.2 Å². The van der Waals surface area contributed by atoms with E-state index < -0.39 is 5.41 Å². The summed E-state index contributed by atoms with van der Waals surface area (Å²) < 4.78 is 18.7. The maximum Gasteiger partial charge on any atom is 0.233 e. The van der Waals surface area contributed by atoms with Gasteiger partial charge in [0.25, 0.3) is 0 Å². The van der Waals surface area contributed by atoms with E-state index in [2.05, 4.69) is 5.32 Å². The van der Waals surface area contributed by atoms with Crippen molar-refractivity contribution < 1.29 is 13.9 Å². The SMILES string of the molecule is Cl.O=C(N1CCCNCC1)C1(c2ccc(F)cc2)CCOCC1. The van der Waals surface area contributed by atoms with E-state index in [0.717, 1.165) is 38.2 Å². The maximum atomic E-state index is 13.3. The molecule has 1 aromatic rings. The van der Waals surface area contributed by atoms with Gasteiger partial charge in [0, 0.05) is 32.8 Å². The first-order chi connectivity index (χ1) is 10.7. The number of nitrogens with one attached hydrogen (secondary N) is 1. The highest BCUT2D eigenvalue weighted by molar-refractivity contribution is 5.88. The zero-order valence-electron chi connectivity index (χ0n) is 13.2. The first-order valence-corrected chi connectivity index (χ1v) is 8.06. The van der Waals surface area contributed by atoms with Crippen LogP contribution < -0.4 is 5.32 Å². The number of halogens is 2.